The first-order valence-electron chi connectivity index (χ1n) is 11.1. The standard InChI is InChI=1S/C19H33ClO16/c1-18(19(20,31)15(29)8(24)5(2-21)35-18)36-14-7(4-23)33-17(12(28)10(14)26)34-13-6(3-22)32-16(30)11(27)9(13)25/h5-17,21-31H,2-4H2,1H3/t5-,6-,7-,8-,9-,10-,11-,12-,13-,14-,15+,16+,17?,18?,19+/m1/s1. The summed E-state index contributed by atoms with van der Waals surface area (Å²) < 4.78 is 26.8. The minimum absolute atomic E-state index is 0.782. The van der Waals surface area contributed by atoms with Gasteiger partial charge in [0.15, 0.2) is 12.6 Å². The van der Waals surface area contributed by atoms with Gasteiger partial charge in [0.1, 0.15) is 67.1 Å². The van der Waals surface area contributed by atoms with Crippen molar-refractivity contribution in [2.45, 2.75) is 97.5 Å². The summed E-state index contributed by atoms with van der Waals surface area (Å²) in [4.78, 5) is 0. The molecule has 16 nitrogen and oxygen atoms in total. The maximum Gasteiger partial charge on any atom is 0.221 e. The third kappa shape index (κ3) is 5.25. The van der Waals surface area contributed by atoms with Crippen LogP contribution < -0.4 is 0 Å². The second-order valence-corrected chi connectivity index (χ2v) is 9.59. The molecule has 3 heterocycles. The second-order valence-electron chi connectivity index (χ2n) is 9.01. The molecule has 17 heteroatoms. The molecular formula is C19H33ClO16. The van der Waals surface area contributed by atoms with E-state index in [1.54, 1.807) is 0 Å². The molecule has 0 amide bonds. The van der Waals surface area contributed by atoms with Gasteiger partial charge in [-0.3, -0.25) is 0 Å². The minimum atomic E-state index is -2.84. The lowest BCUT2D eigenvalue weighted by Crippen LogP contribution is -2.73. The summed E-state index contributed by atoms with van der Waals surface area (Å²) in [6.07, 6.45) is -22.8. The first kappa shape index (κ1) is 30.2. The zero-order valence-electron chi connectivity index (χ0n) is 19.0. The number of ether oxygens (including phenoxy) is 5. The lowest BCUT2D eigenvalue weighted by atomic mass is 9.91. The molecule has 0 aromatic rings. The van der Waals surface area contributed by atoms with Crippen molar-refractivity contribution in [3.63, 3.8) is 0 Å². The Morgan fingerprint density at radius 1 is 0.722 bits per heavy atom. The fraction of sp³-hybridized carbons (Fsp3) is 1.00. The largest absolute Gasteiger partial charge is 0.394 e. The number of alkyl halides is 1. The maximum absolute atomic E-state index is 10.8. The molecule has 3 saturated heterocycles. The first-order valence-corrected chi connectivity index (χ1v) is 11.4. The summed E-state index contributed by atoms with van der Waals surface area (Å²) in [5, 5.41) is 108. The van der Waals surface area contributed by atoms with Crippen molar-refractivity contribution in [3.8, 4) is 0 Å². The third-order valence-corrected chi connectivity index (χ3v) is 7.17. The molecule has 0 bridgehead atoms. The number of rotatable bonds is 7. The molecule has 0 aromatic carbocycles. The first-order chi connectivity index (χ1) is 16.7. The zero-order chi connectivity index (χ0) is 27.2. The Bertz CT molecular complexity index is 728. The van der Waals surface area contributed by atoms with Gasteiger partial charge in [-0.05, 0) is 6.92 Å². The Kier molecular flexibility index (Phi) is 9.57. The molecule has 0 radical (unpaired) electrons. The van der Waals surface area contributed by atoms with Gasteiger partial charge in [-0.15, -0.1) is 0 Å². The zero-order valence-corrected chi connectivity index (χ0v) is 19.7. The highest BCUT2D eigenvalue weighted by molar-refractivity contribution is 6.24. The van der Waals surface area contributed by atoms with Crippen LogP contribution in [0.1, 0.15) is 6.92 Å². The fourth-order valence-corrected chi connectivity index (χ4v) is 4.57. The van der Waals surface area contributed by atoms with Crippen molar-refractivity contribution in [2.75, 3.05) is 19.8 Å². The minimum Gasteiger partial charge on any atom is -0.394 e. The monoisotopic (exact) mass is 552 g/mol. The molecule has 3 aliphatic heterocycles. The molecular weight excluding hydrogens is 520 g/mol. The van der Waals surface area contributed by atoms with Gasteiger partial charge in [0, 0.05) is 0 Å². The van der Waals surface area contributed by atoms with Crippen LogP contribution in [0.4, 0.5) is 0 Å². The summed E-state index contributed by atoms with van der Waals surface area (Å²) >= 11 is 6.00. The SMILES string of the molecule is CC1(O[C@H]2[C@H](O)[C@@H](O)C(O[C@H]3[C@H](O)[C@@H](O)[C@@H](O)O[C@@H]3CO)O[C@@H]2CO)O[C@H](CO)[C@@H](O)[C@H](O)[C@@]1(O)Cl. The third-order valence-electron chi connectivity index (χ3n) is 6.60. The lowest BCUT2D eigenvalue weighted by molar-refractivity contribution is -0.413. The Hall–Kier alpha value is -0.350. The van der Waals surface area contributed by atoms with E-state index in [2.05, 4.69) is 0 Å². The lowest BCUT2D eigenvalue weighted by Gasteiger charge is -2.53. The molecule has 3 rings (SSSR count). The van der Waals surface area contributed by atoms with E-state index in [1.807, 2.05) is 0 Å². The van der Waals surface area contributed by atoms with E-state index >= 15 is 0 Å². The van der Waals surface area contributed by atoms with Crippen LogP contribution in [-0.2, 0) is 23.7 Å². The molecule has 0 saturated carbocycles. The summed E-state index contributed by atoms with van der Waals surface area (Å²) in [6.45, 7) is -1.47. The van der Waals surface area contributed by atoms with Crippen LogP contribution in [0.5, 0.6) is 0 Å². The number of aliphatic hydroxyl groups is 11. The summed E-state index contributed by atoms with van der Waals surface area (Å²) in [5.41, 5.74) is 0. The van der Waals surface area contributed by atoms with Crippen molar-refractivity contribution in [2.24, 2.45) is 0 Å². The quantitative estimate of drug-likeness (QED) is 0.131. The van der Waals surface area contributed by atoms with E-state index in [1.165, 1.54) is 0 Å². The highest BCUT2D eigenvalue weighted by atomic mass is 35.5. The van der Waals surface area contributed by atoms with Crippen molar-refractivity contribution < 1.29 is 79.9 Å². The average molecular weight is 553 g/mol. The Morgan fingerprint density at radius 2 is 1.25 bits per heavy atom. The fourth-order valence-electron chi connectivity index (χ4n) is 4.36. The molecule has 36 heavy (non-hydrogen) atoms. The Morgan fingerprint density at radius 3 is 1.81 bits per heavy atom. The maximum atomic E-state index is 10.8. The van der Waals surface area contributed by atoms with Gasteiger partial charge >= 0.3 is 0 Å². The van der Waals surface area contributed by atoms with Gasteiger partial charge in [0.05, 0.1) is 19.8 Å². The molecule has 3 fully saturated rings. The molecule has 0 aromatic heterocycles. The summed E-state index contributed by atoms with van der Waals surface area (Å²) in [5.74, 6) is -2.44. The van der Waals surface area contributed by atoms with Gasteiger partial charge in [0.2, 0.25) is 10.8 Å². The highest BCUT2D eigenvalue weighted by Crippen LogP contribution is 2.44. The number of halogens is 1. The Balaban J connectivity index is 1.80. The molecule has 11 N–H and O–H groups in total. The number of hydrogen-bond donors (Lipinski definition) is 11. The second kappa shape index (κ2) is 11.4. The number of aliphatic hydroxyl groups excluding tert-OH is 10. The van der Waals surface area contributed by atoms with Gasteiger partial charge in [0.25, 0.3) is 0 Å². The normalized spacial score (nSPS) is 54.4. The van der Waals surface area contributed by atoms with Crippen LogP contribution in [0.2, 0.25) is 0 Å². The van der Waals surface area contributed by atoms with Crippen LogP contribution in [0.3, 0.4) is 0 Å². The van der Waals surface area contributed by atoms with E-state index in [4.69, 9.17) is 35.3 Å². The van der Waals surface area contributed by atoms with E-state index in [-0.39, 0.29) is 0 Å². The van der Waals surface area contributed by atoms with Crippen LogP contribution >= 0.6 is 11.6 Å². The van der Waals surface area contributed by atoms with Crippen LogP contribution in [0.25, 0.3) is 0 Å². The molecule has 15 atom stereocenters. The molecule has 0 spiro atoms. The van der Waals surface area contributed by atoms with Crippen LogP contribution in [0, 0.1) is 0 Å². The molecule has 2 unspecified atom stereocenters. The summed E-state index contributed by atoms with van der Waals surface area (Å²) in [6, 6.07) is 0. The number of hydrogen-bond acceptors (Lipinski definition) is 16. The van der Waals surface area contributed by atoms with E-state index < -0.39 is 110 Å². The molecule has 0 aliphatic carbocycles. The predicted molar refractivity (Wildman–Crippen MR) is 111 cm³/mol. The predicted octanol–water partition coefficient (Wildman–Crippen LogP) is -6.62. The van der Waals surface area contributed by atoms with Crippen molar-refractivity contribution in [3.05, 3.63) is 0 Å². The smallest absolute Gasteiger partial charge is 0.221 e. The van der Waals surface area contributed by atoms with Gasteiger partial charge in [-0.1, -0.05) is 11.6 Å². The van der Waals surface area contributed by atoms with Crippen molar-refractivity contribution in [1.29, 1.82) is 0 Å². The van der Waals surface area contributed by atoms with Gasteiger partial charge in [-0.25, -0.2) is 0 Å². The summed E-state index contributed by atoms with van der Waals surface area (Å²) in [7, 11) is 0. The van der Waals surface area contributed by atoms with Gasteiger partial charge < -0.3 is 79.9 Å². The van der Waals surface area contributed by atoms with E-state index in [0.29, 0.717) is 0 Å². The van der Waals surface area contributed by atoms with Crippen molar-refractivity contribution >= 4 is 11.6 Å². The Labute approximate surface area is 209 Å². The topological polar surface area (TPSA) is 269 Å². The van der Waals surface area contributed by atoms with Crippen LogP contribution in [0.15, 0.2) is 0 Å². The van der Waals surface area contributed by atoms with Crippen molar-refractivity contribution in [1.82, 2.24) is 0 Å². The average Bonchev–Trinajstić information content (AvgIpc) is 2.84. The molecule has 3 aliphatic rings. The van der Waals surface area contributed by atoms with E-state index in [0.717, 1.165) is 6.92 Å². The van der Waals surface area contributed by atoms with Crippen LogP contribution in [-0.4, -0.2) is 167 Å². The van der Waals surface area contributed by atoms with Gasteiger partial charge in [-0.2, -0.15) is 0 Å². The van der Waals surface area contributed by atoms with E-state index in [9.17, 15) is 56.2 Å². The highest BCUT2D eigenvalue weighted by Gasteiger charge is 2.64. The molecule has 212 valence electrons.